The summed E-state index contributed by atoms with van der Waals surface area (Å²) in [6.45, 7) is 2.39. The summed E-state index contributed by atoms with van der Waals surface area (Å²) >= 11 is 0. The highest BCUT2D eigenvalue weighted by molar-refractivity contribution is 5.94. The molecule has 0 unspecified atom stereocenters. The van der Waals surface area contributed by atoms with Crippen LogP contribution in [-0.4, -0.2) is 25.5 Å². The molecule has 0 aliphatic rings. The lowest BCUT2D eigenvalue weighted by Gasteiger charge is -2.07. The van der Waals surface area contributed by atoms with Crippen molar-refractivity contribution in [3.63, 3.8) is 0 Å². The smallest absolute Gasteiger partial charge is 0.251 e. The van der Waals surface area contributed by atoms with Gasteiger partial charge in [-0.05, 0) is 55.8 Å². The Hall–Kier alpha value is -2.20. The van der Waals surface area contributed by atoms with E-state index in [-0.39, 0.29) is 11.7 Å². The van der Waals surface area contributed by atoms with Crippen LogP contribution in [-0.2, 0) is 6.42 Å². The van der Waals surface area contributed by atoms with Gasteiger partial charge in [0.2, 0.25) is 0 Å². The van der Waals surface area contributed by atoms with Crippen molar-refractivity contribution >= 4 is 5.91 Å². The van der Waals surface area contributed by atoms with Crippen molar-refractivity contribution in [2.45, 2.75) is 12.8 Å². The quantitative estimate of drug-likeness (QED) is 0.736. The second kappa shape index (κ2) is 8.95. The Morgan fingerprint density at radius 2 is 1.64 bits per heavy atom. The zero-order valence-corrected chi connectivity index (χ0v) is 12.5. The van der Waals surface area contributed by atoms with Gasteiger partial charge in [0.05, 0.1) is 0 Å². The Morgan fingerprint density at radius 1 is 0.909 bits per heavy atom. The van der Waals surface area contributed by atoms with E-state index in [1.54, 1.807) is 0 Å². The first-order chi connectivity index (χ1) is 10.8. The van der Waals surface area contributed by atoms with Crippen LogP contribution in [0.2, 0.25) is 0 Å². The molecule has 1 amide bonds. The van der Waals surface area contributed by atoms with Crippen LogP contribution >= 0.6 is 0 Å². The predicted molar refractivity (Wildman–Crippen MR) is 86.4 cm³/mol. The van der Waals surface area contributed by atoms with Gasteiger partial charge in [0.15, 0.2) is 0 Å². The van der Waals surface area contributed by atoms with Crippen LogP contribution in [0, 0.1) is 5.82 Å². The molecule has 0 aliphatic heterocycles. The van der Waals surface area contributed by atoms with Crippen molar-refractivity contribution in [3.05, 3.63) is 71.5 Å². The molecule has 0 spiro atoms. The largest absolute Gasteiger partial charge is 0.352 e. The molecule has 116 valence electrons. The highest BCUT2D eigenvalue weighted by Crippen LogP contribution is 2.02. The summed E-state index contributed by atoms with van der Waals surface area (Å²) in [6.07, 6.45) is 1.87. The molecule has 2 aromatic carbocycles. The summed E-state index contributed by atoms with van der Waals surface area (Å²) in [5.74, 6) is -0.497. The van der Waals surface area contributed by atoms with Crippen LogP contribution in [0.4, 0.5) is 4.39 Å². The van der Waals surface area contributed by atoms with Gasteiger partial charge >= 0.3 is 0 Å². The molecule has 0 aromatic heterocycles. The molecular formula is C18H21FN2O. The number of carbonyl (C=O) groups excluding carboxylic acids is 1. The van der Waals surface area contributed by atoms with Crippen molar-refractivity contribution in [1.82, 2.24) is 10.6 Å². The molecule has 2 N–H and O–H groups in total. The summed E-state index contributed by atoms with van der Waals surface area (Å²) in [6, 6.07) is 15.9. The maximum Gasteiger partial charge on any atom is 0.251 e. The second-order valence-corrected chi connectivity index (χ2v) is 5.10. The fourth-order valence-corrected chi connectivity index (χ4v) is 2.12. The average molecular weight is 300 g/mol. The lowest BCUT2D eigenvalue weighted by atomic mass is 10.1. The Morgan fingerprint density at radius 3 is 2.36 bits per heavy atom. The monoisotopic (exact) mass is 300 g/mol. The first-order valence-corrected chi connectivity index (χ1v) is 7.54. The van der Waals surface area contributed by atoms with E-state index < -0.39 is 0 Å². The molecule has 0 saturated heterocycles. The minimum atomic E-state index is -0.334. The number of amides is 1. The normalized spacial score (nSPS) is 10.4. The van der Waals surface area contributed by atoms with Gasteiger partial charge in [-0.25, -0.2) is 4.39 Å². The van der Waals surface area contributed by atoms with E-state index in [2.05, 4.69) is 22.8 Å². The van der Waals surface area contributed by atoms with Gasteiger partial charge in [0, 0.05) is 12.1 Å². The first-order valence-electron chi connectivity index (χ1n) is 7.54. The van der Waals surface area contributed by atoms with Crippen LogP contribution in [0.3, 0.4) is 0 Å². The number of rotatable bonds is 8. The number of carbonyl (C=O) groups is 1. The lowest BCUT2D eigenvalue weighted by Crippen LogP contribution is -2.28. The Balaban J connectivity index is 1.54. The van der Waals surface area contributed by atoms with Crippen molar-refractivity contribution in [1.29, 1.82) is 0 Å². The molecule has 22 heavy (non-hydrogen) atoms. The van der Waals surface area contributed by atoms with Gasteiger partial charge in [-0.15, -0.1) is 0 Å². The van der Waals surface area contributed by atoms with Crippen molar-refractivity contribution in [2.75, 3.05) is 19.6 Å². The highest BCUT2D eigenvalue weighted by atomic mass is 19.1. The van der Waals surface area contributed by atoms with Gasteiger partial charge in [0.25, 0.3) is 5.91 Å². The molecule has 2 rings (SSSR count). The molecule has 0 bridgehead atoms. The van der Waals surface area contributed by atoms with Crippen molar-refractivity contribution < 1.29 is 9.18 Å². The fraction of sp³-hybridized carbons (Fsp3) is 0.278. The summed E-state index contributed by atoms with van der Waals surface area (Å²) in [4.78, 5) is 11.8. The van der Waals surface area contributed by atoms with Gasteiger partial charge in [0.1, 0.15) is 5.82 Å². The predicted octanol–water partition coefficient (Wildman–Crippen LogP) is 2.78. The van der Waals surface area contributed by atoms with E-state index in [4.69, 9.17) is 0 Å². The third kappa shape index (κ3) is 5.66. The topological polar surface area (TPSA) is 41.1 Å². The Labute approximate surface area is 130 Å². The molecule has 0 aliphatic carbocycles. The SMILES string of the molecule is O=C(NCCCNCCc1ccccc1)c1ccc(F)cc1. The van der Waals surface area contributed by atoms with E-state index in [1.165, 1.54) is 29.8 Å². The average Bonchev–Trinajstić information content (AvgIpc) is 2.55. The maximum atomic E-state index is 12.8. The number of benzene rings is 2. The van der Waals surface area contributed by atoms with Crippen LogP contribution in [0.15, 0.2) is 54.6 Å². The van der Waals surface area contributed by atoms with Gasteiger partial charge in [-0.1, -0.05) is 30.3 Å². The molecule has 0 heterocycles. The van der Waals surface area contributed by atoms with Crippen molar-refractivity contribution in [3.8, 4) is 0 Å². The number of nitrogens with one attached hydrogen (secondary N) is 2. The van der Waals surface area contributed by atoms with Gasteiger partial charge in [-0.3, -0.25) is 4.79 Å². The number of halogens is 1. The molecular weight excluding hydrogens is 279 g/mol. The maximum absolute atomic E-state index is 12.8. The standard InChI is InChI=1S/C18H21FN2O/c19-17-9-7-16(8-10-17)18(22)21-13-4-12-20-14-11-15-5-2-1-3-6-15/h1-3,5-10,20H,4,11-14H2,(H,21,22). The summed E-state index contributed by atoms with van der Waals surface area (Å²) in [7, 11) is 0. The summed E-state index contributed by atoms with van der Waals surface area (Å²) in [5.41, 5.74) is 1.80. The molecule has 3 nitrogen and oxygen atoms in total. The fourth-order valence-electron chi connectivity index (χ4n) is 2.12. The van der Waals surface area contributed by atoms with Gasteiger partial charge in [-0.2, -0.15) is 0 Å². The van der Waals surface area contributed by atoms with E-state index in [1.807, 2.05) is 18.2 Å². The van der Waals surface area contributed by atoms with Crippen LogP contribution in [0.5, 0.6) is 0 Å². The van der Waals surface area contributed by atoms with Crippen molar-refractivity contribution in [2.24, 2.45) is 0 Å². The molecule has 0 saturated carbocycles. The summed E-state index contributed by atoms with van der Waals surface area (Å²) in [5, 5.41) is 6.18. The first kappa shape index (κ1) is 16.2. The van der Waals surface area contributed by atoms with E-state index in [0.717, 1.165) is 25.9 Å². The van der Waals surface area contributed by atoms with E-state index in [9.17, 15) is 9.18 Å². The number of hydrogen-bond acceptors (Lipinski definition) is 2. The molecule has 0 radical (unpaired) electrons. The molecule has 0 fully saturated rings. The van der Waals surface area contributed by atoms with E-state index in [0.29, 0.717) is 12.1 Å². The second-order valence-electron chi connectivity index (χ2n) is 5.10. The third-order valence-corrected chi connectivity index (χ3v) is 3.36. The minimum absolute atomic E-state index is 0.163. The highest BCUT2D eigenvalue weighted by Gasteiger charge is 2.03. The summed E-state index contributed by atoms with van der Waals surface area (Å²) < 4.78 is 12.8. The molecule has 2 aromatic rings. The Bertz CT molecular complexity index is 569. The number of hydrogen-bond donors (Lipinski definition) is 2. The van der Waals surface area contributed by atoms with Crippen LogP contribution in [0.25, 0.3) is 0 Å². The molecule has 0 atom stereocenters. The van der Waals surface area contributed by atoms with Gasteiger partial charge < -0.3 is 10.6 Å². The third-order valence-electron chi connectivity index (χ3n) is 3.36. The molecule has 4 heteroatoms. The van der Waals surface area contributed by atoms with Crippen LogP contribution < -0.4 is 10.6 Å². The zero-order chi connectivity index (χ0) is 15.6. The van der Waals surface area contributed by atoms with E-state index >= 15 is 0 Å². The van der Waals surface area contributed by atoms with Crippen LogP contribution in [0.1, 0.15) is 22.3 Å². The zero-order valence-electron chi connectivity index (χ0n) is 12.5. The lowest BCUT2D eigenvalue weighted by molar-refractivity contribution is 0.0953. The Kier molecular flexibility index (Phi) is 6.58. The minimum Gasteiger partial charge on any atom is -0.352 e.